The van der Waals surface area contributed by atoms with Gasteiger partial charge in [-0.15, -0.1) is 10.2 Å². The summed E-state index contributed by atoms with van der Waals surface area (Å²) >= 11 is 0. The number of benzene rings is 1. The Hall–Kier alpha value is -1.84. The molecule has 0 fully saturated rings. The Kier molecular flexibility index (Phi) is 1.73. The zero-order valence-corrected chi connectivity index (χ0v) is 7.06. The first-order valence-corrected chi connectivity index (χ1v) is 3.83. The topological polar surface area (TPSA) is 59.2 Å². The third kappa shape index (κ3) is 1.38. The average Bonchev–Trinajstić information content (AvgIpc) is 2.62. The highest BCUT2D eigenvalue weighted by atomic mass is 16.4. The number of hydrogen-bond donors (Lipinski definition) is 1. The molecule has 2 aromatic rings. The Morgan fingerprint density at radius 1 is 1.38 bits per heavy atom. The SMILES string of the molecule is Cc1ccc(-c2nnco2)cc1O. The molecule has 4 heteroatoms. The Morgan fingerprint density at radius 3 is 2.85 bits per heavy atom. The maximum absolute atomic E-state index is 9.41. The van der Waals surface area contributed by atoms with Gasteiger partial charge in [-0.25, -0.2) is 0 Å². The van der Waals surface area contributed by atoms with Crippen LogP contribution >= 0.6 is 0 Å². The second-order valence-corrected chi connectivity index (χ2v) is 2.75. The van der Waals surface area contributed by atoms with E-state index in [1.54, 1.807) is 12.1 Å². The molecule has 4 nitrogen and oxygen atoms in total. The van der Waals surface area contributed by atoms with Gasteiger partial charge in [-0.2, -0.15) is 0 Å². The minimum atomic E-state index is 0.232. The molecule has 13 heavy (non-hydrogen) atoms. The lowest BCUT2D eigenvalue weighted by Crippen LogP contribution is -1.80. The third-order valence-electron chi connectivity index (χ3n) is 1.82. The highest BCUT2D eigenvalue weighted by molar-refractivity contribution is 5.56. The molecule has 0 aliphatic rings. The second kappa shape index (κ2) is 2.90. The van der Waals surface area contributed by atoms with Crippen molar-refractivity contribution >= 4 is 0 Å². The molecule has 2 rings (SSSR count). The Bertz CT molecular complexity index is 410. The maximum Gasteiger partial charge on any atom is 0.247 e. The summed E-state index contributed by atoms with van der Waals surface area (Å²) in [5, 5.41) is 16.7. The van der Waals surface area contributed by atoms with Crippen LogP contribution in [0.15, 0.2) is 29.0 Å². The first-order valence-electron chi connectivity index (χ1n) is 3.83. The van der Waals surface area contributed by atoms with Crippen LogP contribution in [0.5, 0.6) is 5.75 Å². The van der Waals surface area contributed by atoms with Crippen LogP contribution in [-0.2, 0) is 0 Å². The van der Waals surface area contributed by atoms with Crippen molar-refractivity contribution in [1.29, 1.82) is 0 Å². The highest BCUT2D eigenvalue weighted by Crippen LogP contribution is 2.23. The Labute approximate surface area is 74.8 Å². The van der Waals surface area contributed by atoms with E-state index in [1.165, 1.54) is 6.39 Å². The molecular formula is C9H8N2O2. The van der Waals surface area contributed by atoms with Crippen LogP contribution in [0, 0.1) is 6.92 Å². The van der Waals surface area contributed by atoms with E-state index in [-0.39, 0.29) is 5.75 Å². The largest absolute Gasteiger partial charge is 0.508 e. The molecule has 0 atom stereocenters. The number of aromatic nitrogens is 2. The van der Waals surface area contributed by atoms with E-state index in [4.69, 9.17) is 4.42 Å². The molecule has 1 N–H and O–H groups in total. The normalized spacial score (nSPS) is 10.2. The van der Waals surface area contributed by atoms with Crippen molar-refractivity contribution in [3.05, 3.63) is 30.2 Å². The van der Waals surface area contributed by atoms with Gasteiger partial charge in [0.05, 0.1) is 0 Å². The zero-order chi connectivity index (χ0) is 9.26. The second-order valence-electron chi connectivity index (χ2n) is 2.75. The standard InChI is InChI=1S/C9H8N2O2/c1-6-2-3-7(4-8(6)12)9-11-10-5-13-9/h2-5,12H,1H3. The molecule has 0 saturated heterocycles. The molecule has 0 aliphatic carbocycles. The Balaban J connectivity index is 2.49. The highest BCUT2D eigenvalue weighted by Gasteiger charge is 2.04. The van der Waals surface area contributed by atoms with Crippen molar-refractivity contribution in [1.82, 2.24) is 10.2 Å². The molecule has 0 bridgehead atoms. The molecule has 0 spiro atoms. The van der Waals surface area contributed by atoms with Crippen molar-refractivity contribution in [3.63, 3.8) is 0 Å². The van der Waals surface area contributed by atoms with E-state index in [0.717, 1.165) is 11.1 Å². The van der Waals surface area contributed by atoms with Crippen molar-refractivity contribution < 1.29 is 9.52 Å². The molecule has 1 heterocycles. The number of rotatable bonds is 1. The summed E-state index contributed by atoms with van der Waals surface area (Å²) in [5.41, 5.74) is 1.55. The van der Waals surface area contributed by atoms with E-state index in [9.17, 15) is 5.11 Å². The lowest BCUT2D eigenvalue weighted by atomic mass is 10.1. The minimum absolute atomic E-state index is 0.232. The van der Waals surface area contributed by atoms with E-state index < -0.39 is 0 Å². The number of aromatic hydroxyl groups is 1. The van der Waals surface area contributed by atoms with Crippen LogP contribution in [0.25, 0.3) is 11.5 Å². The van der Waals surface area contributed by atoms with Crippen LogP contribution in [0.3, 0.4) is 0 Å². The molecule has 0 unspecified atom stereocenters. The quantitative estimate of drug-likeness (QED) is 0.719. The van der Waals surface area contributed by atoms with E-state index in [0.29, 0.717) is 5.89 Å². The molecule has 0 amide bonds. The van der Waals surface area contributed by atoms with Crippen LogP contribution in [0.4, 0.5) is 0 Å². The van der Waals surface area contributed by atoms with Crippen molar-refractivity contribution in [3.8, 4) is 17.2 Å². The summed E-state index contributed by atoms with van der Waals surface area (Å²) < 4.78 is 4.98. The minimum Gasteiger partial charge on any atom is -0.508 e. The summed E-state index contributed by atoms with van der Waals surface area (Å²) in [6.45, 7) is 1.83. The van der Waals surface area contributed by atoms with E-state index in [2.05, 4.69) is 10.2 Å². The van der Waals surface area contributed by atoms with E-state index in [1.807, 2.05) is 13.0 Å². The fraction of sp³-hybridized carbons (Fsp3) is 0.111. The summed E-state index contributed by atoms with van der Waals surface area (Å²) in [7, 11) is 0. The number of hydrogen-bond acceptors (Lipinski definition) is 4. The summed E-state index contributed by atoms with van der Waals surface area (Å²) in [6.07, 6.45) is 1.26. The molecule has 0 aliphatic heterocycles. The van der Waals surface area contributed by atoms with Crippen molar-refractivity contribution in [2.75, 3.05) is 0 Å². The predicted molar refractivity (Wildman–Crippen MR) is 46.1 cm³/mol. The molecule has 1 aromatic heterocycles. The van der Waals surface area contributed by atoms with Crippen molar-refractivity contribution in [2.24, 2.45) is 0 Å². The maximum atomic E-state index is 9.41. The van der Waals surface area contributed by atoms with Gasteiger partial charge in [0.1, 0.15) is 5.75 Å². The van der Waals surface area contributed by atoms with Gasteiger partial charge in [-0.1, -0.05) is 6.07 Å². The molecule has 66 valence electrons. The zero-order valence-electron chi connectivity index (χ0n) is 7.06. The van der Waals surface area contributed by atoms with Gasteiger partial charge in [0.15, 0.2) is 0 Å². The molecular weight excluding hydrogens is 168 g/mol. The van der Waals surface area contributed by atoms with Gasteiger partial charge in [-0.05, 0) is 24.6 Å². The average molecular weight is 176 g/mol. The fourth-order valence-electron chi connectivity index (χ4n) is 1.04. The number of nitrogens with zero attached hydrogens (tertiary/aromatic N) is 2. The lowest BCUT2D eigenvalue weighted by molar-refractivity contribution is 0.471. The van der Waals surface area contributed by atoms with Gasteiger partial charge in [-0.3, -0.25) is 0 Å². The van der Waals surface area contributed by atoms with Crippen LogP contribution in [-0.4, -0.2) is 15.3 Å². The van der Waals surface area contributed by atoms with Gasteiger partial charge in [0.2, 0.25) is 12.3 Å². The van der Waals surface area contributed by atoms with Gasteiger partial charge >= 0.3 is 0 Å². The summed E-state index contributed by atoms with van der Waals surface area (Å²) in [5.74, 6) is 0.644. The van der Waals surface area contributed by atoms with Crippen LogP contribution in [0.1, 0.15) is 5.56 Å². The number of phenols is 1. The smallest absolute Gasteiger partial charge is 0.247 e. The molecule has 0 radical (unpaired) electrons. The van der Waals surface area contributed by atoms with Gasteiger partial charge in [0, 0.05) is 5.56 Å². The van der Waals surface area contributed by atoms with Crippen LogP contribution < -0.4 is 0 Å². The first kappa shape index (κ1) is 7.79. The first-order chi connectivity index (χ1) is 6.27. The summed E-state index contributed by atoms with van der Waals surface area (Å²) in [4.78, 5) is 0. The fourth-order valence-corrected chi connectivity index (χ4v) is 1.04. The third-order valence-corrected chi connectivity index (χ3v) is 1.82. The Morgan fingerprint density at radius 2 is 2.23 bits per heavy atom. The summed E-state index contributed by atoms with van der Waals surface area (Å²) in [6, 6.07) is 5.22. The van der Waals surface area contributed by atoms with Gasteiger partial charge < -0.3 is 9.52 Å². The van der Waals surface area contributed by atoms with E-state index >= 15 is 0 Å². The molecule has 1 aromatic carbocycles. The number of phenolic OH excluding ortho intramolecular Hbond substituents is 1. The molecule has 0 saturated carbocycles. The monoisotopic (exact) mass is 176 g/mol. The van der Waals surface area contributed by atoms with Crippen molar-refractivity contribution in [2.45, 2.75) is 6.92 Å². The predicted octanol–water partition coefficient (Wildman–Crippen LogP) is 1.75. The number of aryl methyl sites for hydroxylation is 1. The van der Waals surface area contributed by atoms with Gasteiger partial charge in [0.25, 0.3) is 0 Å². The van der Waals surface area contributed by atoms with Crippen LogP contribution in [0.2, 0.25) is 0 Å². The lowest BCUT2D eigenvalue weighted by Gasteiger charge is -1.99.